The van der Waals surface area contributed by atoms with Crippen LogP contribution in [0.2, 0.25) is 0 Å². The first-order valence-electron chi connectivity index (χ1n) is 4.14. The number of benzene rings is 1. The Morgan fingerprint density at radius 2 is 2.27 bits per heavy atom. The van der Waals surface area contributed by atoms with Crippen LogP contribution in [0.1, 0.15) is 12.0 Å². The maximum absolute atomic E-state index is 13.4. The Bertz CT molecular complexity index is 437. The normalized spacial score (nSPS) is 9.20. The van der Waals surface area contributed by atoms with E-state index in [9.17, 15) is 14.5 Å². The lowest BCUT2D eigenvalue weighted by atomic mass is 10.2. The number of hydrogen-bond acceptors (Lipinski definition) is 2. The van der Waals surface area contributed by atoms with E-state index in [0.29, 0.717) is 11.8 Å². The van der Waals surface area contributed by atoms with E-state index < -0.39 is 16.4 Å². The van der Waals surface area contributed by atoms with Gasteiger partial charge in [-0.2, -0.15) is 4.39 Å². The monoisotopic (exact) mass is 271 g/mol. The Morgan fingerprint density at radius 3 is 2.87 bits per heavy atom. The number of halogens is 2. The highest BCUT2D eigenvalue weighted by Gasteiger charge is 2.15. The van der Waals surface area contributed by atoms with Gasteiger partial charge in [0.05, 0.1) is 10.5 Å². The Balaban J connectivity index is 3.06. The van der Waals surface area contributed by atoms with E-state index in [1.165, 1.54) is 12.1 Å². The summed E-state index contributed by atoms with van der Waals surface area (Å²) >= 11 is 3.17. The van der Waals surface area contributed by atoms with Gasteiger partial charge < -0.3 is 0 Å². The molecule has 15 heavy (non-hydrogen) atoms. The predicted molar refractivity (Wildman–Crippen MR) is 58.3 cm³/mol. The lowest BCUT2D eigenvalue weighted by Crippen LogP contribution is -1.94. The molecule has 0 aromatic heterocycles. The molecule has 0 aliphatic rings. The zero-order chi connectivity index (χ0) is 11.3. The standard InChI is InChI=1S/C10H7BrFNO2/c11-7-2-1-4-8-5-3-6-9(10(8)12)13(14)15/h3,5-6H,2,7H2. The van der Waals surface area contributed by atoms with Crippen molar-refractivity contribution in [3.05, 3.63) is 39.7 Å². The fourth-order valence-corrected chi connectivity index (χ4v) is 1.16. The molecule has 0 amide bonds. The topological polar surface area (TPSA) is 43.1 Å². The smallest absolute Gasteiger partial charge is 0.258 e. The van der Waals surface area contributed by atoms with Gasteiger partial charge in [-0.3, -0.25) is 10.1 Å². The third-order valence-electron chi connectivity index (χ3n) is 1.62. The average Bonchev–Trinajstić information content (AvgIpc) is 2.20. The predicted octanol–water partition coefficient (Wildman–Crippen LogP) is 2.87. The fourth-order valence-electron chi connectivity index (χ4n) is 0.962. The van der Waals surface area contributed by atoms with E-state index in [0.717, 1.165) is 6.07 Å². The molecule has 0 heterocycles. The van der Waals surface area contributed by atoms with Crippen molar-refractivity contribution < 1.29 is 9.31 Å². The maximum Gasteiger partial charge on any atom is 0.306 e. The van der Waals surface area contributed by atoms with Crippen molar-refractivity contribution in [1.82, 2.24) is 0 Å². The van der Waals surface area contributed by atoms with Crippen molar-refractivity contribution in [2.45, 2.75) is 6.42 Å². The molecule has 0 fully saturated rings. The average molecular weight is 272 g/mol. The molecule has 0 unspecified atom stereocenters. The molecule has 0 spiro atoms. The van der Waals surface area contributed by atoms with Gasteiger partial charge in [0, 0.05) is 17.8 Å². The molecular weight excluding hydrogens is 265 g/mol. The molecule has 0 saturated carbocycles. The van der Waals surface area contributed by atoms with Gasteiger partial charge in [-0.05, 0) is 6.07 Å². The van der Waals surface area contributed by atoms with Crippen LogP contribution in [-0.4, -0.2) is 10.3 Å². The van der Waals surface area contributed by atoms with E-state index in [1.807, 2.05) is 0 Å². The number of hydrogen-bond donors (Lipinski definition) is 0. The molecule has 0 radical (unpaired) electrons. The maximum atomic E-state index is 13.4. The van der Waals surface area contributed by atoms with Crippen LogP contribution < -0.4 is 0 Å². The van der Waals surface area contributed by atoms with Crippen LogP contribution in [-0.2, 0) is 0 Å². The third-order valence-corrected chi connectivity index (χ3v) is 2.01. The summed E-state index contributed by atoms with van der Waals surface area (Å²) in [4.78, 5) is 9.65. The van der Waals surface area contributed by atoms with Gasteiger partial charge in [-0.1, -0.05) is 33.8 Å². The molecular formula is C10H7BrFNO2. The van der Waals surface area contributed by atoms with Gasteiger partial charge in [0.2, 0.25) is 5.82 Å². The zero-order valence-electron chi connectivity index (χ0n) is 7.67. The Hall–Kier alpha value is -1.41. The summed E-state index contributed by atoms with van der Waals surface area (Å²) in [6, 6.07) is 3.95. The fraction of sp³-hybridized carbons (Fsp3) is 0.200. The molecule has 1 rings (SSSR count). The van der Waals surface area contributed by atoms with Crippen molar-refractivity contribution in [2.24, 2.45) is 0 Å². The van der Waals surface area contributed by atoms with Crippen molar-refractivity contribution >= 4 is 21.6 Å². The Morgan fingerprint density at radius 1 is 1.53 bits per heavy atom. The minimum atomic E-state index is -0.871. The number of alkyl halides is 1. The minimum absolute atomic E-state index is 0.0603. The lowest BCUT2D eigenvalue weighted by Gasteiger charge is -1.95. The Labute approximate surface area is 94.6 Å². The summed E-state index contributed by atoms with van der Waals surface area (Å²) in [5, 5.41) is 11.1. The van der Waals surface area contributed by atoms with Crippen LogP contribution in [0.5, 0.6) is 0 Å². The molecule has 1 aromatic rings. The second-order valence-corrected chi connectivity index (χ2v) is 3.43. The van der Waals surface area contributed by atoms with Crippen molar-refractivity contribution in [2.75, 3.05) is 5.33 Å². The number of rotatable bonds is 2. The lowest BCUT2D eigenvalue weighted by molar-refractivity contribution is -0.387. The summed E-state index contributed by atoms with van der Waals surface area (Å²) in [5.41, 5.74) is -0.481. The van der Waals surface area contributed by atoms with Crippen LogP contribution in [0.4, 0.5) is 10.1 Å². The summed E-state index contributed by atoms with van der Waals surface area (Å²) in [6.07, 6.45) is 0.572. The van der Waals surface area contributed by atoms with Crippen LogP contribution in [0.15, 0.2) is 18.2 Å². The Kier molecular flexibility index (Phi) is 4.25. The molecule has 0 aliphatic carbocycles. The summed E-state index contributed by atoms with van der Waals surface area (Å²) in [7, 11) is 0. The summed E-state index contributed by atoms with van der Waals surface area (Å²) in [5.74, 6) is 4.38. The highest BCUT2D eigenvalue weighted by atomic mass is 79.9. The van der Waals surface area contributed by atoms with E-state index in [-0.39, 0.29) is 5.56 Å². The second-order valence-electron chi connectivity index (χ2n) is 2.64. The highest BCUT2D eigenvalue weighted by molar-refractivity contribution is 9.09. The molecule has 0 bridgehead atoms. The molecule has 3 nitrogen and oxygen atoms in total. The van der Waals surface area contributed by atoms with Crippen molar-refractivity contribution in [1.29, 1.82) is 0 Å². The third kappa shape index (κ3) is 3.03. The largest absolute Gasteiger partial charge is 0.306 e. The quantitative estimate of drug-likeness (QED) is 0.359. The van der Waals surface area contributed by atoms with Gasteiger partial charge >= 0.3 is 5.69 Å². The number of nitro benzene ring substituents is 1. The highest BCUT2D eigenvalue weighted by Crippen LogP contribution is 2.19. The van der Waals surface area contributed by atoms with Crippen molar-refractivity contribution in [3.63, 3.8) is 0 Å². The van der Waals surface area contributed by atoms with Gasteiger partial charge in [0.1, 0.15) is 0 Å². The van der Waals surface area contributed by atoms with Gasteiger partial charge in [-0.15, -0.1) is 0 Å². The molecule has 0 atom stereocenters. The van der Waals surface area contributed by atoms with Crippen LogP contribution >= 0.6 is 15.9 Å². The molecule has 5 heteroatoms. The number of nitro groups is 1. The summed E-state index contributed by atoms with van der Waals surface area (Å²) in [6.45, 7) is 0. The van der Waals surface area contributed by atoms with Gasteiger partial charge in [-0.25, -0.2) is 0 Å². The second kappa shape index (κ2) is 5.47. The zero-order valence-corrected chi connectivity index (χ0v) is 9.25. The van der Waals surface area contributed by atoms with Crippen molar-refractivity contribution in [3.8, 4) is 11.8 Å². The molecule has 0 aliphatic heterocycles. The first-order valence-corrected chi connectivity index (χ1v) is 5.26. The molecule has 78 valence electrons. The van der Waals surface area contributed by atoms with Crippen LogP contribution in [0.25, 0.3) is 0 Å². The summed E-state index contributed by atoms with van der Waals surface area (Å²) < 4.78 is 13.4. The first kappa shape index (κ1) is 11.7. The molecule has 1 aromatic carbocycles. The van der Waals surface area contributed by atoms with E-state index in [4.69, 9.17) is 0 Å². The van der Waals surface area contributed by atoms with E-state index in [1.54, 1.807) is 0 Å². The SMILES string of the molecule is O=[N+]([O-])c1cccc(C#CCCBr)c1F. The van der Waals surface area contributed by atoms with Crippen LogP contribution in [0, 0.1) is 27.8 Å². The van der Waals surface area contributed by atoms with E-state index >= 15 is 0 Å². The van der Waals surface area contributed by atoms with Gasteiger partial charge in [0.15, 0.2) is 0 Å². The molecule has 0 N–H and O–H groups in total. The molecule has 0 saturated heterocycles. The van der Waals surface area contributed by atoms with E-state index in [2.05, 4.69) is 27.8 Å². The van der Waals surface area contributed by atoms with Crippen LogP contribution in [0.3, 0.4) is 0 Å². The minimum Gasteiger partial charge on any atom is -0.258 e. The number of nitrogens with zero attached hydrogens (tertiary/aromatic N) is 1. The first-order chi connectivity index (χ1) is 7.16. The van der Waals surface area contributed by atoms with Gasteiger partial charge in [0.25, 0.3) is 0 Å².